The van der Waals surface area contributed by atoms with Gasteiger partial charge in [0, 0.05) is 107 Å². The van der Waals surface area contributed by atoms with Gasteiger partial charge in [0.05, 0.1) is 12.1 Å². The van der Waals surface area contributed by atoms with E-state index in [1.807, 2.05) is 117 Å². The molecular weight excluding hydrogens is 1380 g/mol. The molecule has 4 heterocycles. The van der Waals surface area contributed by atoms with Crippen molar-refractivity contribution in [2.75, 3.05) is 40.3 Å². The highest BCUT2D eigenvalue weighted by Gasteiger charge is 2.41. The van der Waals surface area contributed by atoms with Crippen LogP contribution in [-0.4, -0.2) is 186 Å². The average Bonchev–Trinajstić information content (AvgIpc) is 1.80. The number of ketones is 2. The number of esters is 3. The number of aliphatic hydroxyl groups excluding tert-OH is 1. The summed E-state index contributed by atoms with van der Waals surface area (Å²) >= 11 is 2.27. The van der Waals surface area contributed by atoms with E-state index in [0.717, 1.165) is 105 Å². The molecule has 2 aliphatic rings. The molecule has 0 saturated carbocycles. The molecule has 0 aliphatic carbocycles. The molecule has 105 heavy (non-hydrogen) atoms. The van der Waals surface area contributed by atoms with Crippen molar-refractivity contribution in [1.29, 1.82) is 0 Å². The highest BCUT2D eigenvalue weighted by molar-refractivity contribution is 7.10. The first-order valence-electron chi connectivity index (χ1n) is 36.9. The normalized spacial score (nSPS) is 17.4. The smallest absolute Gasteiger partial charge is 0.326 e. The number of thiazole rings is 2. The number of amides is 4. The molecule has 0 bridgehead atoms. The molecule has 2 aliphatic heterocycles. The van der Waals surface area contributed by atoms with Crippen LogP contribution >= 0.6 is 22.7 Å². The van der Waals surface area contributed by atoms with Crippen LogP contribution in [0.3, 0.4) is 0 Å². The average molecular weight is 1500 g/mol. The monoisotopic (exact) mass is 1500 g/mol. The molecule has 5 N–H and O–H groups in total. The first-order valence-corrected chi connectivity index (χ1v) is 38.7. The Morgan fingerprint density at radius 3 is 1.28 bits per heavy atom. The number of nitrogens with one attached hydrogen (secondary N) is 2. The third kappa shape index (κ3) is 29.6. The van der Waals surface area contributed by atoms with Crippen LogP contribution in [0.15, 0.2) is 71.4 Å². The zero-order chi connectivity index (χ0) is 77.5. The van der Waals surface area contributed by atoms with Crippen LogP contribution in [0.25, 0.3) is 0 Å². The molecule has 6 rings (SSSR count). The van der Waals surface area contributed by atoms with E-state index in [0.29, 0.717) is 29.5 Å². The Balaban J connectivity index is 0.000000495. The van der Waals surface area contributed by atoms with Crippen LogP contribution in [0.2, 0.25) is 0 Å². The second-order valence-electron chi connectivity index (χ2n) is 28.4. The maximum atomic E-state index is 14.5. The SMILES string of the molecule is C.CC(=O)OC(C)=O.CCCN(C(=O)[C@@H](CC(=O)C1CCCCN1C)C(C)CC)[C@H](C[C@@H](O)c1nc(C(=O)N[C@@H](Cc2ccccc2)C(=O)O)cs1)C(C)C.CCCN(C(=O)[C@@H](CC(=O)C1CCCCN1C)C(C)CC)[C@H](C[C@@H](OC(C)=O)c1nc(C(=O)N[C@@H](Cc2ccccc2)C(=O)O)cs1)C(C)C. The molecule has 0 radical (unpaired) electrons. The third-order valence-electron chi connectivity index (χ3n) is 19.6. The van der Waals surface area contributed by atoms with Crippen molar-refractivity contribution in [3.05, 3.63) is 104 Å². The van der Waals surface area contributed by atoms with Crippen molar-refractivity contribution in [3.63, 3.8) is 0 Å². The first kappa shape index (κ1) is 91.6. The number of likely N-dealkylation sites (N-methyl/N-ethyl adjacent to an activating group) is 2. The van der Waals surface area contributed by atoms with Crippen LogP contribution in [0.1, 0.15) is 242 Å². The van der Waals surface area contributed by atoms with Crippen LogP contribution in [0.5, 0.6) is 0 Å². The Morgan fingerprint density at radius 1 is 0.562 bits per heavy atom. The summed E-state index contributed by atoms with van der Waals surface area (Å²) in [5.41, 5.74) is 1.60. The van der Waals surface area contributed by atoms with Gasteiger partial charge in [0.25, 0.3) is 11.8 Å². The number of Topliss-reactive ketones (excluding diaryl/α,β-unsaturated/α-hetero) is 2. The predicted octanol–water partition coefficient (Wildman–Crippen LogP) is 12.0. The molecule has 2 aromatic heterocycles. The second-order valence-corrected chi connectivity index (χ2v) is 30.2. The van der Waals surface area contributed by atoms with Gasteiger partial charge in [-0.25, -0.2) is 19.6 Å². The number of carbonyl (C=O) groups is 11. The molecule has 0 spiro atoms. The maximum Gasteiger partial charge on any atom is 0.326 e. The fourth-order valence-corrected chi connectivity index (χ4v) is 15.0. The van der Waals surface area contributed by atoms with E-state index in [-0.39, 0.29) is 129 Å². The van der Waals surface area contributed by atoms with Gasteiger partial charge >= 0.3 is 29.8 Å². The zero-order valence-corrected chi connectivity index (χ0v) is 65.4. The first-order chi connectivity index (χ1) is 49.3. The molecule has 2 fully saturated rings. The fraction of sp³-hybridized carbons (Fsp3) is 0.633. The van der Waals surface area contributed by atoms with Gasteiger partial charge < -0.3 is 45.2 Å². The lowest BCUT2D eigenvalue weighted by molar-refractivity contribution is -0.156. The lowest BCUT2D eigenvalue weighted by Crippen LogP contribution is -2.50. The van der Waals surface area contributed by atoms with Gasteiger partial charge in [-0.15, -0.1) is 22.7 Å². The standard InChI is InChI=1S/C38H56N4O7S.C36H54N4O6S.C4H6O3.CH4/c1-8-18-42(37(46)28(25(5)9-2)21-33(44)31-17-13-14-19-41(31)7)32(24(3)4)22-34(49-26(6)43)36-40-30(23-50-36)35(45)39-29(38(47)48)20-27-15-11-10-12-16-27;1-7-17-40(35(44)26(24(5)8-2)20-31(41)29-16-12-13-18-39(29)6)30(23(3)4)21-32(42)34-38-28(22-47-34)33(43)37-27(36(45)46)19-25-14-10-9-11-15-25;1-3(5)7-4(2)6;/h10-12,15-16,23-25,28-29,31-32,34H,8-9,13-14,17-22H2,1-7H3,(H,39,45)(H,47,48);9-11,14-15,22-24,26-27,29-30,32,42H,7-8,12-13,16-21H2,1-6H3,(H,37,43)(H,45,46);1-2H3;1H4/t25?,28-,29-,31?,32+,34+;24?,26-,27-,29?,30+,32+;;/m00../s1. The van der Waals surface area contributed by atoms with E-state index in [1.165, 1.54) is 31.5 Å². The molecule has 24 nitrogen and oxygen atoms in total. The third-order valence-corrected chi connectivity index (χ3v) is 21.5. The fourth-order valence-electron chi connectivity index (χ4n) is 13.4. The van der Waals surface area contributed by atoms with Crippen molar-refractivity contribution < 1.29 is 77.5 Å². The summed E-state index contributed by atoms with van der Waals surface area (Å²) in [6.45, 7) is 26.7. The molecule has 584 valence electrons. The van der Waals surface area contributed by atoms with Gasteiger partial charge in [0.15, 0.2) is 17.7 Å². The Labute approximate surface area is 630 Å². The number of hydrogen-bond donors (Lipinski definition) is 5. The molecule has 26 heteroatoms. The highest BCUT2D eigenvalue weighted by atomic mass is 32.1. The number of rotatable bonds is 37. The number of carbonyl (C=O) groups excluding carboxylic acids is 9. The number of nitrogens with zero attached hydrogens (tertiary/aromatic N) is 6. The molecule has 2 aromatic carbocycles. The van der Waals surface area contributed by atoms with Crippen LogP contribution in [0, 0.1) is 35.5 Å². The lowest BCUT2D eigenvalue weighted by atomic mass is 9.82. The number of hydrogen-bond acceptors (Lipinski definition) is 20. The highest BCUT2D eigenvalue weighted by Crippen LogP contribution is 2.36. The number of aromatic nitrogens is 2. The summed E-state index contributed by atoms with van der Waals surface area (Å²) in [4.78, 5) is 155. The predicted molar refractivity (Wildman–Crippen MR) is 407 cm³/mol. The minimum absolute atomic E-state index is 0. The number of carboxylic acid groups (broad SMARTS) is 2. The number of piperidine rings is 2. The van der Waals surface area contributed by atoms with E-state index < -0.39 is 77.8 Å². The molecule has 4 aromatic rings. The molecule has 4 unspecified atom stereocenters. The summed E-state index contributed by atoms with van der Waals surface area (Å²) in [6, 6.07) is 14.8. The van der Waals surface area contributed by atoms with Crippen molar-refractivity contribution in [2.24, 2.45) is 35.5 Å². The summed E-state index contributed by atoms with van der Waals surface area (Å²) in [5, 5.41) is 39.7. The number of aliphatic carboxylic acids is 2. The van der Waals surface area contributed by atoms with E-state index in [1.54, 1.807) is 36.4 Å². The number of likely N-dealkylation sites (tertiary alicyclic amines) is 2. The van der Waals surface area contributed by atoms with Crippen LogP contribution in [-0.2, 0) is 65.5 Å². The van der Waals surface area contributed by atoms with Crippen molar-refractivity contribution in [2.45, 2.75) is 249 Å². The molecule has 12 atom stereocenters. The number of benzene rings is 2. The van der Waals surface area contributed by atoms with Crippen molar-refractivity contribution in [3.8, 4) is 0 Å². The Bertz CT molecular complexity index is 3390. The number of carboxylic acids is 2. The van der Waals surface area contributed by atoms with Crippen LogP contribution in [0.4, 0.5) is 0 Å². The number of aliphatic hydroxyl groups is 1. The lowest BCUT2D eigenvalue weighted by Gasteiger charge is -2.39. The topological polar surface area (TPSA) is 330 Å². The van der Waals surface area contributed by atoms with Crippen molar-refractivity contribution in [1.82, 2.24) is 40.2 Å². The summed E-state index contributed by atoms with van der Waals surface area (Å²) < 4.78 is 9.76. The summed E-state index contributed by atoms with van der Waals surface area (Å²) in [7, 11) is 3.97. The van der Waals surface area contributed by atoms with Crippen molar-refractivity contribution >= 4 is 87.7 Å². The van der Waals surface area contributed by atoms with Gasteiger partial charge in [-0.2, -0.15) is 0 Å². The quantitative estimate of drug-likeness (QED) is 0.0207. The second kappa shape index (κ2) is 46.4. The van der Waals surface area contributed by atoms with Gasteiger partial charge in [-0.05, 0) is 101 Å². The minimum atomic E-state index is -1.17. The van der Waals surface area contributed by atoms with Crippen LogP contribution < -0.4 is 10.6 Å². The van der Waals surface area contributed by atoms with Gasteiger partial charge in [-0.3, -0.25) is 53.0 Å². The van der Waals surface area contributed by atoms with Gasteiger partial charge in [-0.1, -0.05) is 163 Å². The van der Waals surface area contributed by atoms with E-state index in [4.69, 9.17) is 4.74 Å². The zero-order valence-electron chi connectivity index (χ0n) is 63.8. The summed E-state index contributed by atoms with van der Waals surface area (Å²) in [5.74, 6) is -6.04. The van der Waals surface area contributed by atoms with E-state index >= 15 is 0 Å². The number of ether oxygens (including phenoxy) is 2. The molecule has 4 amide bonds. The minimum Gasteiger partial charge on any atom is -0.480 e. The molecule has 2 saturated heterocycles. The van der Waals surface area contributed by atoms with Gasteiger partial charge in [0.2, 0.25) is 11.8 Å². The van der Waals surface area contributed by atoms with E-state index in [9.17, 15) is 68.1 Å². The Morgan fingerprint density at radius 2 is 0.943 bits per heavy atom. The van der Waals surface area contributed by atoms with Gasteiger partial charge in [0.1, 0.15) is 39.6 Å². The Hall–Kier alpha value is -7.65. The Kier molecular flexibility index (Phi) is 40.5. The molecular formula is C79H120N8O16S2. The maximum absolute atomic E-state index is 14.5. The van der Waals surface area contributed by atoms with E-state index in [2.05, 4.69) is 35.1 Å². The summed E-state index contributed by atoms with van der Waals surface area (Å²) in [6.07, 6.45) is 7.98. The largest absolute Gasteiger partial charge is 0.480 e.